The summed E-state index contributed by atoms with van der Waals surface area (Å²) >= 11 is 0. The fourth-order valence-corrected chi connectivity index (χ4v) is 2.07. The van der Waals surface area contributed by atoms with Crippen molar-refractivity contribution in [2.75, 3.05) is 18.5 Å². The van der Waals surface area contributed by atoms with E-state index in [1.807, 2.05) is 19.2 Å². The number of ether oxygens (including phenoxy) is 2. The summed E-state index contributed by atoms with van der Waals surface area (Å²) in [4.78, 5) is 35.5. The van der Waals surface area contributed by atoms with Crippen molar-refractivity contribution in [1.82, 2.24) is 5.32 Å². The van der Waals surface area contributed by atoms with E-state index in [0.717, 1.165) is 6.07 Å². The van der Waals surface area contributed by atoms with Crippen LogP contribution in [0.2, 0.25) is 0 Å². The van der Waals surface area contributed by atoms with Gasteiger partial charge in [0.1, 0.15) is 11.6 Å². The number of urea groups is 1. The molecule has 0 fully saturated rings. The van der Waals surface area contributed by atoms with Gasteiger partial charge in [-0.15, -0.1) is 0 Å². The minimum Gasteiger partial charge on any atom is -0.493 e. The van der Waals surface area contributed by atoms with Gasteiger partial charge in [0, 0.05) is 0 Å². The summed E-state index contributed by atoms with van der Waals surface area (Å²) in [6.07, 6.45) is 0. The van der Waals surface area contributed by atoms with E-state index >= 15 is 0 Å². The van der Waals surface area contributed by atoms with Crippen LogP contribution < -0.4 is 15.4 Å². The van der Waals surface area contributed by atoms with Crippen LogP contribution >= 0.6 is 0 Å². The third-order valence-corrected chi connectivity index (χ3v) is 3.36. The second-order valence-corrected chi connectivity index (χ2v) is 6.29. The largest absolute Gasteiger partial charge is 0.493 e. The molecule has 0 atom stereocenters. The number of hydrogen-bond acceptors (Lipinski definition) is 5. The van der Waals surface area contributed by atoms with E-state index in [-0.39, 0.29) is 11.3 Å². The zero-order chi connectivity index (χ0) is 20.5. The van der Waals surface area contributed by atoms with Crippen LogP contribution in [-0.2, 0) is 9.53 Å². The third kappa shape index (κ3) is 6.71. The van der Waals surface area contributed by atoms with E-state index in [2.05, 4.69) is 5.32 Å². The second-order valence-electron chi connectivity index (χ2n) is 6.29. The van der Waals surface area contributed by atoms with Crippen LogP contribution in [0.1, 0.15) is 24.2 Å². The number of para-hydroxylation sites is 1. The maximum absolute atomic E-state index is 13.5. The van der Waals surface area contributed by atoms with Gasteiger partial charge >= 0.3 is 12.0 Å². The highest BCUT2D eigenvalue weighted by Gasteiger charge is 2.14. The summed E-state index contributed by atoms with van der Waals surface area (Å²) in [7, 11) is 0. The Labute approximate surface area is 161 Å². The fraction of sp³-hybridized carbons (Fsp3) is 0.250. The van der Waals surface area contributed by atoms with Gasteiger partial charge in [0.25, 0.3) is 5.91 Å². The van der Waals surface area contributed by atoms with Crippen molar-refractivity contribution in [2.24, 2.45) is 5.92 Å². The first-order valence-electron chi connectivity index (χ1n) is 8.60. The molecule has 2 N–H and O–H groups in total. The Bertz CT molecular complexity index is 854. The van der Waals surface area contributed by atoms with E-state index in [1.165, 1.54) is 30.3 Å². The number of imide groups is 1. The fourth-order valence-electron chi connectivity index (χ4n) is 2.07. The molecule has 0 aliphatic carbocycles. The van der Waals surface area contributed by atoms with E-state index in [1.54, 1.807) is 12.1 Å². The zero-order valence-electron chi connectivity index (χ0n) is 15.5. The van der Waals surface area contributed by atoms with Crippen molar-refractivity contribution in [1.29, 1.82) is 0 Å². The van der Waals surface area contributed by atoms with Gasteiger partial charge in [-0.05, 0) is 36.2 Å². The van der Waals surface area contributed by atoms with E-state index in [0.29, 0.717) is 18.3 Å². The molecule has 3 amide bonds. The smallest absolute Gasteiger partial charge is 0.338 e. The molecule has 2 aromatic rings. The molecule has 148 valence electrons. The molecule has 0 bridgehead atoms. The standard InChI is InChI=1S/C20H21FN2O5/c1-13(2)11-27-15-7-5-6-14(10-15)19(25)28-12-18(24)23-20(26)22-17-9-4-3-8-16(17)21/h3-10,13H,11-12H2,1-2H3,(H2,22,23,24,26). The second kappa shape index (κ2) is 10.1. The topological polar surface area (TPSA) is 93.7 Å². The molecule has 0 radical (unpaired) electrons. The van der Waals surface area contributed by atoms with Crippen molar-refractivity contribution in [3.8, 4) is 5.75 Å². The summed E-state index contributed by atoms with van der Waals surface area (Å²) in [6, 6.07) is 10.9. The van der Waals surface area contributed by atoms with Crippen molar-refractivity contribution in [2.45, 2.75) is 13.8 Å². The number of nitrogens with one attached hydrogen (secondary N) is 2. The number of benzene rings is 2. The molecule has 0 aromatic heterocycles. The van der Waals surface area contributed by atoms with Gasteiger partial charge in [0.05, 0.1) is 17.9 Å². The Morgan fingerprint density at radius 2 is 1.82 bits per heavy atom. The van der Waals surface area contributed by atoms with Crippen LogP contribution in [0.25, 0.3) is 0 Å². The first-order valence-corrected chi connectivity index (χ1v) is 8.60. The van der Waals surface area contributed by atoms with Crippen LogP contribution in [0.15, 0.2) is 48.5 Å². The molecular formula is C20H21FN2O5. The van der Waals surface area contributed by atoms with E-state index < -0.39 is 30.3 Å². The summed E-state index contributed by atoms with van der Waals surface area (Å²) in [5, 5.41) is 4.14. The molecule has 0 aliphatic heterocycles. The van der Waals surface area contributed by atoms with Crippen molar-refractivity contribution in [3.05, 3.63) is 59.9 Å². The van der Waals surface area contributed by atoms with Gasteiger partial charge in [-0.1, -0.05) is 32.0 Å². The third-order valence-electron chi connectivity index (χ3n) is 3.36. The van der Waals surface area contributed by atoms with Gasteiger partial charge in [-0.3, -0.25) is 10.1 Å². The normalized spacial score (nSPS) is 10.3. The Hall–Kier alpha value is -3.42. The summed E-state index contributed by atoms with van der Waals surface area (Å²) in [5.41, 5.74) is 0.132. The van der Waals surface area contributed by atoms with Crippen LogP contribution in [0.3, 0.4) is 0 Å². The average Bonchev–Trinajstić information content (AvgIpc) is 2.66. The molecule has 7 nitrogen and oxygen atoms in total. The lowest BCUT2D eigenvalue weighted by Crippen LogP contribution is -2.37. The number of esters is 1. The highest BCUT2D eigenvalue weighted by molar-refractivity contribution is 6.02. The molecular weight excluding hydrogens is 367 g/mol. The molecule has 0 saturated carbocycles. The number of carbonyl (C=O) groups is 3. The van der Waals surface area contributed by atoms with Crippen molar-refractivity contribution in [3.63, 3.8) is 0 Å². The lowest BCUT2D eigenvalue weighted by molar-refractivity contribution is -0.123. The molecule has 0 unspecified atom stereocenters. The molecule has 2 aromatic carbocycles. The highest BCUT2D eigenvalue weighted by Crippen LogP contribution is 2.15. The van der Waals surface area contributed by atoms with Crippen LogP contribution in [0.5, 0.6) is 5.75 Å². The molecule has 0 spiro atoms. The van der Waals surface area contributed by atoms with Crippen LogP contribution in [0.4, 0.5) is 14.9 Å². The summed E-state index contributed by atoms with van der Waals surface area (Å²) < 4.78 is 23.9. The molecule has 0 aliphatic rings. The Kier molecular flexibility index (Phi) is 7.50. The summed E-state index contributed by atoms with van der Waals surface area (Å²) in [6.45, 7) is 3.83. The Balaban J connectivity index is 1.82. The minimum atomic E-state index is -0.935. The lowest BCUT2D eigenvalue weighted by atomic mass is 10.2. The minimum absolute atomic E-state index is 0.0805. The lowest BCUT2D eigenvalue weighted by Gasteiger charge is -2.10. The van der Waals surface area contributed by atoms with Gasteiger partial charge in [-0.25, -0.2) is 14.0 Å². The first kappa shape index (κ1) is 20.9. The van der Waals surface area contributed by atoms with E-state index in [4.69, 9.17) is 9.47 Å². The first-order chi connectivity index (χ1) is 13.3. The summed E-state index contributed by atoms with van der Waals surface area (Å²) in [5.74, 6) is -1.39. The maximum atomic E-state index is 13.5. The Morgan fingerprint density at radius 1 is 1.07 bits per heavy atom. The predicted molar refractivity (Wildman–Crippen MR) is 101 cm³/mol. The van der Waals surface area contributed by atoms with Gasteiger partial charge in [-0.2, -0.15) is 0 Å². The maximum Gasteiger partial charge on any atom is 0.338 e. The van der Waals surface area contributed by atoms with Crippen molar-refractivity contribution < 1.29 is 28.2 Å². The molecule has 0 saturated heterocycles. The van der Waals surface area contributed by atoms with Crippen LogP contribution in [-0.4, -0.2) is 31.1 Å². The monoisotopic (exact) mass is 388 g/mol. The molecule has 8 heteroatoms. The number of rotatable bonds is 7. The number of carbonyl (C=O) groups excluding carboxylic acids is 3. The predicted octanol–water partition coefficient (Wildman–Crippen LogP) is 3.37. The number of hydrogen-bond donors (Lipinski definition) is 2. The highest BCUT2D eigenvalue weighted by atomic mass is 19.1. The Morgan fingerprint density at radius 3 is 2.54 bits per heavy atom. The average molecular weight is 388 g/mol. The quantitative estimate of drug-likeness (QED) is 0.710. The molecule has 28 heavy (non-hydrogen) atoms. The molecule has 2 rings (SSSR count). The molecule has 0 heterocycles. The number of anilines is 1. The van der Waals surface area contributed by atoms with E-state index in [9.17, 15) is 18.8 Å². The van der Waals surface area contributed by atoms with Crippen molar-refractivity contribution >= 4 is 23.6 Å². The van der Waals surface area contributed by atoms with Gasteiger partial charge in [0.15, 0.2) is 6.61 Å². The zero-order valence-corrected chi connectivity index (χ0v) is 15.5. The van der Waals surface area contributed by atoms with Crippen LogP contribution in [0, 0.1) is 11.7 Å². The number of amides is 3. The van der Waals surface area contributed by atoms with Gasteiger partial charge < -0.3 is 14.8 Å². The van der Waals surface area contributed by atoms with Gasteiger partial charge in [0.2, 0.25) is 0 Å². The number of halogens is 1. The SMILES string of the molecule is CC(C)COc1cccc(C(=O)OCC(=O)NC(=O)Nc2ccccc2F)c1.